The van der Waals surface area contributed by atoms with Crippen LogP contribution in [0.15, 0.2) is 30.3 Å². The number of hydrogen-bond donors (Lipinski definition) is 1. The first-order valence-corrected chi connectivity index (χ1v) is 12.6. The molecule has 1 aromatic carbocycles. The van der Waals surface area contributed by atoms with Gasteiger partial charge in [-0.3, -0.25) is 0 Å². The van der Waals surface area contributed by atoms with Crippen molar-refractivity contribution >= 4 is 5.97 Å². The van der Waals surface area contributed by atoms with Crippen molar-refractivity contribution in [2.45, 2.75) is 122 Å². The van der Waals surface area contributed by atoms with Gasteiger partial charge in [0.25, 0.3) is 0 Å². The zero-order chi connectivity index (χ0) is 21.9. The van der Waals surface area contributed by atoms with E-state index in [1.165, 1.54) is 77.0 Å². The Kier molecular flexibility index (Phi) is 15.4. The lowest BCUT2D eigenvalue weighted by atomic mass is 9.88. The summed E-state index contributed by atoms with van der Waals surface area (Å²) in [6, 6.07) is 9.25. The zero-order valence-electron chi connectivity index (χ0n) is 19.7. The minimum atomic E-state index is -1.52. The van der Waals surface area contributed by atoms with Gasteiger partial charge in [-0.2, -0.15) is 0 Å². The number of carbonyl (C=O) groups excluding carboxylic acids is 1. The number of carbonyl (C=O) groups is 1. The summed E-state index contributed by atoms with van der Waals surface area (Å²) < 4.78 is 5.29. The number of rotatable bonds is 19. The van der Waals surface area contributed by atoms with E-state index in [0.29, 0.717) is 18.6 Å². The molecule has 1 aromatic rings. The van der Waals surface area contributed by atoms with Crippen molar-refractivity contribution in [2.75, 3.05) is 6.61 Å². The van der Waals surface area contributed by atoms with Crippen LogP contribution in [0.3, 0.4) is 0 Å². The van der Waals surface area contributed by atoms with Crippen molar-refractivity contribution in [1.82, 2.24) is 0 Å². The van der Waals surface area contributed by atoms with Gasteiger partial charge < -0.3 is 9.84 Å². The second kappa shape index (κ2) is 17.3. The Hall–Kier alpha value is -1.35. The molecular weight excluding hydrogens is 372 g/mol. The van der Waals surface area contributed by atoms with E-state index in [1.807, 2.05) is 37.3 Å². The van der Waals surface area contributed by atoms with Crippen LogP contribution in [0, 0.1) is 0 Å². The molecule has 0 fully saturated rings. The van der Waals surface area contributed by atoms with Crippen LogP contribution >= 0.6 is 0 Å². The summed E-state index contributed by atoms with van der Waals surface area (Å²) in [5.41, 5.74) is -0.881. The lowest BCUT2D eigenvalue weighted by Gasteiger charge is -2.26. The highest BCUT2D eigenvalue weighted by Gasteiger charge is 2.38. The van der Waals surface area contributed by atoms with E-state index in [1.54, 1.807) is 0 Å². The van der Waals surface area contributed by atoms with E-state index in [9.17, 15) is 9.90 Å². The summed E-state index contributed by atoms with van der Waals surface area (Å²) in [6.45, 7) is 4.58. The molecule has 0 saturated carbocycles. The maximum atomic E-state index is 12.5. The molecule has 0 bridgehead atoms. The van der Waals surface area contributed by atoms with Crippen molar-refractivity contribution in [3.63, 3.8) is 0 Å². The quantitative estimate of drug-likeness (QED) is 0.185. The predicted octanol–water partition coefficient (Wildman–Crippen LogP) is 7.70. The molecule has 0 radical (unpaired) electrons. The molecule has 1 rings (SSSR count). The van der Waals surface area contributed by atoms with Crippen molar-refractivity contribution in [1.29, 1.82) is 0 Å². The highest BCUT2D eigenvalue weighted by molar-refractivity contribution is 5.81. The molecule has 3 heteroatoms. The van der Waals surface area contributed by atoms with Crippen LogP contribution in [-0.4, -0.2) is 17.7 Å². The smallest absolute Gasteiger partial charge is 0.342 e. The van der Waals surface area contributed by atoms with Gasteiger partial charge in [0, 0.05) is 0 Å². The van der Waals surface area contributed by atoms with Crippen LogP contribution in [0.5, 0.6) is 0 Å². The van der Waals surface area contributed by atoms with E-state index in [-0.39, 0.29) is 0 Å². The van der Waals surface area contributed by atoms with Crippen LogP contribution in [0.2, 0.25) is 0 Å². The molecule has 1 atom stereocenters. The molecule has 1 N–H and O–H groups in total. The molecule has 3 nitrogen and oxygen atoms in total. The van der Waals surface area contributed by atoms with Crippen molar-refractivity contribution in [3.8, 4) is 0 Å². The standard InChI is InChI=1S/C27H46O3/c1-3-5-6-7-8-9-10-11-12-13-14-15-16-20-23-27(29,26(28)30-24-4-2)25-21-18-17-19-22-25/h17-19,21-22,29H,3-16,20,23-24H2,1-2H3. The van der Waals surface area contributed by atoms with Crippen LogP contribution < -0.4 is 0 Å². The average molecular weight is 419 g/mol. The Morgan fingerprint density at radius 3 is 1.67 bits per heavy atom. The Morgan fingerprint density at radius 2 is 1.20 bits per heavy atom. The lowest BCUT2D eigenvalue weighted by molar-refractivity contribution is -0.168. The topological polar surface area (TPSA) is 46.5 Å². The zero-order valence-corrected chi connectivity index (χ0v) is 19.7. The summed E-state index contributed by atoms with van der Waals surface area (Å²) >= 11 is 0. The Bertz CT molecular complexity index is 528. The van der Waals surface area contributed by atoms with Gasteiger partial charge in [0.1, 0.15) is 0 Å². The number of unbranched alkanes of at least 4 members (excludes halogenated alkanes) is 13. The van der Waals surface area contributed by atoms with Crippen molar-refractivity contribution < 1.29 is 14.6 Å². The fraction of sp³-hybridized carbons (Fsp3) is 0.741. The molecule has 0 amide bonds. The van der Waals surface area contributed by atoms with Crippen LogP contribution in [0.1, 0.15) is 122 Å². The Morgan fingerprint density at radius 1 is 0.733 bits per heavy atom. The Labute approximate surface area is 185 Å². The molecule has 30 heavy (non-hydrogen) atoms. The normalized spacial score (nSPS) is 13.2. The maximum Gasteiger partial charge on any atom is 0.342 e. The number of esters is 1. The lowest BCUT2D eigenvalue weighted by Crippen LogP contribution is -2.37. The molecular formula is C27H46O3. The largest absolute Gasteiger partial charge is 0.463 e. The summed E-state index contributed by atoms with van der Waals surface area (Å²) in [4.78, 5) is 12.5. The second-order valence-corrected chi connectivity index (χ2v) is 8.71. The fourth-order valence-corrected chi connectivity index (χ4v) is 3.97. The maximum absolute atomic E-state index is 12.5. The number of ether oxygens (including phenoxy) is 1. The minimum Gasteiger partial charge on any atom is -0.463 e. The third kappa shape index (κ3) is 11.2. The van der Waals surface area contributed by atoms with Crippen LogP contribution in [0.4, 0.5) is 0 Å². The van der Waals surface area contributed by atoms with E-state index in [4.69, 9.17) is 4.74 Å². The van der Waals surface area contributed by atoms with Crippen molar-refractivity contribution in [2.24, 2.45) is 0 Å². The first kappa shape index (κ1) is 26.7. The molecule has 0 spiro atoms. The van der Waals surface area contributed by atoms with Gasteiger partial charge >= 0.3 is 5.97 Å². The molecule has 0 saturated heterocycles. The van der Waals surface area contributed by atoms with Gasteiger partial charge in [-0.05, 0) is 24.8 Å². The third-order valence-corrected chi connectivity index (χ3v) is 5.92. The highest BCUT2D eigenvalue weighted by Crippen LogP contribution is 2.29. The molecule has 0 aliphatic heterocycles. The number of benzene rings is 1. The molecule has 1 unspecified atom stereocenters. The first-order valence-electron chi connectivity index (χ1n) is 12.6. The van der Waals surface area contributed by atoms with Gasteiger partial charge in [0.05, 0.1) is 6.61 Å². The number of aliphatic hydroxyl groups is 1. The predicted molar refractivity (Wildman–Crippen MR) is 127 cm³/mol. The second-order valence-electron chi connectivity index (χ2n) is 8.71. The van der Waals surface area contributed by atoms with Gasteiger partial charge in [-0.25, -0.2) is 4.79 Å². The summed E-state index contributed by atoms with van der Waals surface area (Å²) in [7, 11) is 0. The average Bonchev–Trinajstić information content (AvgIpc) is 2.78. The monoisotopic (exact) mass is 418 g/mol. The Balaban J connectivity index is 2.17. The molecule has 0 aliphatic carbocycles. The van der Waals surface area contributed by atoms with Crippen LogP contribution in [-0.2, 0) is 15.1 Å². The van der Waals surface area contributed by atoms with Gasteiger partial charge in [0.15, 0.2) is 5.60 Å². The van der Waals surface area contributed by atoms with E-state index in [0.717, 1.165) is 19.3 Å². The molecule has 172 valence electrons. The molecule has 0 aromatic heterocycles. The summed E-state index contributed by atoms with van der Waals surface area (Å²) in [5, 5.41) is 11.1. The fourth-order valence-electron chi connectivity index (χ4n) is 3.97. The van der Waals surface area contributed by atoms with Gasteiger partial charge in [-0.15, -0.1) is 0 Å². The molecule has 0 heterocycles. The van der Waals surface area contributed by atoms with E-state index < -0.39 is 11.6 Å². The SMILES string of the molecule is CCCCCCCCCCCCCCCCC(O)(C(=O)OCCC)c1ccccc1. The first-order chi connectivity index (χ1) is 14.6. The van der Waals surface area contributed by atoms with Crippen LogP contribution in [0.25, 0.3) is 0 Å². The molecule has 0 aliphatic rings. The minimum absolute atomic E-state index is 0.354. The summed E-state index contributed by atoms with van der Waals surface area (Å²) in [5.74, 6) is -0.509. The van der Waals surface area contributed by atoms with Gasteiger partial charge in [-0.1, -0.05) is 128 Å². The number of hydrogen-bond acceptors (Lipinski definition) is 3. The van der Waals surface area contributed by atoms with Crippen molar-refractivity contribution in [3.05, 3.63) is 35.9 Å². The van der Waals surface area contributed by atoms with Gasteiger partial charge in [0.2, 0.25) is 0 Å². The highest BCUT2D eigenvalue weighted by atomic mass is 16.5. The third-order valence-electron chi connectivity index (χ3n) is 5.92. The summed E-state index contributed by atoms with van der Waals surface area (Å²) in [6.07, 6.45) is 19.2. The van der Waals surface area contributed by atoms with E-state index >= 15 is 0 Å². The van der Waals surface area contributed by atoms with E-state index in [2.05, 4.69) is 6.92 Å².